The molecule has 116 heavy (non-hydrogen) atoms. The second-order valence-corrected chi connectivity index (χ2v) is 28.4. The number of β-amino-alcohol motifs (C(OH)–C–C–N with tert-alkyl or cyclic N) is 2. The monoisotopic (exact) mass is 1610 g/mol. The van der Waals surface area contributed by atoms with Crippen molar-refractivity contribution >= 4 is 85.7 Å². The molecule has 3 aromatic carbocycles. The summed E-state index contributed by atoms with van der Waals surface area (Å²) in [6, 6.07) is 6.11. The van der Waals surface area contributed by atoms with Crippen LogP contribution in [0, 0.1) is 34.9 Å². The molecule has 9 aromatic rings. The smallest absolute Gasteiger partial charge is 0.243 e. The van der Waals surface area contributed by atoms with E-state index in [4.69, 9.17) is 42.6 Å². The predicted molar refractivity (Wildman–Crippen MR) is 416 cm³/mol. The number of amides is 3. The van der Waals surface area contributed by atoms with E-state index in [9.17, 15) is 24.6 Å². The highest BCUT2D eigenvalue weighted by molar-refractivity contribution is 5.96. The Morgan fingerprint density at radius 2 is 0.707 bits per heavy atom. The number of ether oxygens (including phenoxy) is 9. The average molecular weight is 1610 g/mol. The zero-order valence-electron chi connectivity index (χ0n) is 64.3. The Kier molecular flexibility index (Phi) is 24.3. The minimum atomic E-state index is -0.981. The second-order valence-electron chi connectivity index (χ2n) is 28.4. The standard InChI is InChI=1S/C27H30F2N6O5.C26H28F2N6O5.C25H26F2N6O4/c1-5-20(36)31-16-11-40-12-17(16)33-26-30-10-14-8-15(21-22(28)18(38-3)9-19(39-4)23(21)29)32-25(24(14)34-26)35-7-6-27(2,37)13-35;1-5-19(35)30-15-9-39-10-16(15)32-25-29-8-13-6-14(20-21(27)17(37-3)7-18(38-4)22(20)28)31-24(23(13)33-25)34-11-26(2,36)12-34;1-4-19(34)29-15-11-37-12-16(15)31-25-28-10-13-8-14(30-24(23(13)32-25)33-6-5-7-33)20-21(26)17(35-2)9-18(36-3)22(20)27/h5,8-10,16-17,37H,1,6-7,11-13H2,2-4H3,(H,31,36)(H,30,33,34);5-8,15-16,36H,1,9-12H2,2-4H3,(H,30,35)(H,29,32,33);4,8-10,15-16H,1,5-7,11-12H2,2-3H3,(H,29,34)(H,28,31,32)/t16-,17+,27?;2*15-,16+/m000/s1. The summed E-state index contributed by atoms with van der Waals surface area (Å²) in [7, 11) is 7.68. The molecule has 6 aliphatic rings. The third-order valence-electron chi connectivity index (χ3n) is 20.1. The largest absolute Gasteiger partial charge is 0.494 e. The van der Waals surface area contributed by atoms with Crippen LogP contribution in [0.25, 0.3) is 66.5 Å². The van der Waals surface area contributed by atoms with Gasteiger partial charge in [0, 0.05) is 92.2 Å². The number of aliphatic hydroxyl groups is 2. The lowest BCUT2D eigenvalue weighted by atomic mass is 9.96. The number of pyridine rings is 3. The number of anilines is 6. The summed E-state index contributed by atoms with van der Waals surface area (Å²) in [5.41, 5.74) is -1.73. The van der Waals surface area contributed by atoms with Crippen LogP contribution in [0.1, 0.15) is 26.7 Å². The molecule has 0 saturated carbocycles. The molecule has 7 atom stereocenters. The van der Waals surface area contributed by atoms with Crippen LogP contribution in [0.2, 0.25) is 0 Å². The summed E-state index contributed by atoms with van der Waals surface area (Å²) in [5.74, 6) is -5.60. The summed E-state index contributed by atoms with van der Waals surface area (Å²) in [6.07, 6.45) is 9.61. The molecule has 0 spiro atoms. The number of rotatable bonds is 24. The number of fused-ring (bicyclic) bond motifs is 3. The maximum atomic E-state index is 15.4. The van der Waals surface area contributed by atoms with Gasteiger partial charge in [-0.1, -0.05) is 19.7 Å². The van der Waals surface area contributed by atoms with Gasteiger partial charge in [0.1, 0.15) is 16.6 Å². The Balaban J connectivity index is 0.000000151. The molecule has 6 aliphatic heterocycles. The molecule has 12 heterocycles. The molecule has 612 valence electrons. The highest BCUT2D eigenvalue weighted by Gasteiger charge is 2.41. The highest BCUT2D eigenvalue weighted by atomic mass is 19.2. The SMILES string of the molecule is C=CC(=O)N[C@H]1COC[C@H]1Nc1ncc2cc(-c3c(F)c(OC)cc(OC)c3F)nc(N3CC(C)(O)C3)c2n1.C=CC(=O)N[C@H]1COC[C@H]1Nc1ncc2cc(-c3c(F)c(OC)cc(OC)c3F)nc(N3CCC(C)(O)C3)c2n1.C=CC(=O)N[C@H]1COC[C@H]1Nc1ncc2cc(-c3c(F)c(OC)cc(OC)c3F)nc(N3CCC3)c2n1. The molecule has 15 rings (SSSR count). The van der Waals surface area contributed by atoms with Gasteiger partial charge in [-0.15, -0.1) is 0 Å². The summed E-state index contributed by atoms with van der Waals surface area (Å²) in [6.45, 7) is 18.4. The van der Waals surface area contributed by atoms with Crippen LogP contribution < -0.4 is 75.0 Å². The van der Waals surface area contributed by atoms with Crippen LogP contribution in [-0.4, -0.2) is 242 Å². The van der Waals surface area contributed by atoms with Gasteiger partial charge in [0.05, 0.1) is 164 Å². The molecule has 6 aromatic heterocycles. The average Bonchev–Trinajstić information content (AvgIpc) is 0.935. The van der Waals surface area contributed by atoms with Crippen molar-refractivity contribution in [3.05, 3.63) is 128 Å². The number of hydrogen-bond acceptors (Lipinski definition) is 29. The van der Waals surface area contributed by atoms with E-state index in [0.717, 1.165) is 37.7 Å². The first kappa shape index (κ1) is 81.7. The first-order chi connectivity index (χ1) is 55.7. The van der Waals surface area contributed by atoms with E-state index in [1.54, 1.807) is 24.9 Å². The molecule has 0 radical (unpaired) electrons. The van der Waals surface area contributed by atoms with Gasteiger partial charge in [-0.25, -0.2) is 71.2 Å². The summed E-state index contributed by atoms with van der Waals surface area (Å²) in [4.78, 5) is 81.9. The number of benzene rings is 3. The van der Waals surface area contributed by atoms with Crippen LogP contribution >= 0.6 is 0 Å². The normalized spacial score (nSPS) is 20.4. The Morgan fingerprint density at radius 3 is 0.966 bits per heavy atom. The van der Waals surface area contributed by atoms with Gasteiger partial charge in [0.2, 0.25) is 35.6 Å². The van der Waals surface area contributed by atoms with E-state index in [0.29, 0.717) is 109 Å². The third-order valence-corrected chi connectivity index (χ3v) is 20.1. The zero-order chi connectivity index (χ0) is 82.6. The second kappa shape index (κ2) is 34.4. The molecular formula is C78H84F6N18O14. The number of nitrogens with one attached hydrogen (secondary N) is 6. The Hall–Kier alpha value is -12.3. The molecule has 1 unspecified atom stereocenters. The van der Waals surface area contributed by atoms with E-state index in [-0.39, 0.29) is 143 Å². The quantitative estimate of drug-likeness (QED) is 0.0220. The molecule has 0 aliphatic carbocycles. The van der Waals surface area contributed by atoms with Crippen molar-refractivity contribution in [2.24, 2.45) is 0 Å². The van der Waals surface area contributed by atoms with Crippen molar-refractivity contribution in [1.29, 1.82) is 0 Å². The molecule has 6 saturated heterocycles. The van der Waals surface area contributed by atoms with Crippen molar-refractivity contribution in [1.82, 2.24) is 60.8 Å². The topological polar surface area (TPSA) is 373 Å². The predicted octanol–water partition coefficient (Wildman–Crippen LogP) is 7.15. The lowest BCUT2D eigenvalue weighted by Gasteiger charge is -2.45. The summed E-state index contributed by atoms with van der Waals surface area (Å²) in [5, 5.41) is 40.6. The van der Waals surface area contributed by atoms with Crippen molar-refractivity contribution < 1.29 is 93.6 Å². The molecular weight excluding hydrogens is 1530 g/mol. The number of carbonyl (C=O) groups excluding carboxylic acids is 3. The minimum absolute atomic E-state index is 0.0121. The Morgan fingerprint density at radius 1 is 0.422 bits per heavy atom. The third kappa shape index (κ3) is 17.1. The van der Waals surface area contributed by atoms with Gasteiger partial charge in [0.15, 0.2) is 86.9 Å². The molecule has 32 nitrogen and oxygen atoms in total. The summed E-state index contributed by atoms with van der Waals surface area (Å²) < 4.78 is 139. The van der Waals surface area contributed by atoms with E-state index in [2.05, 4.69) is 96.5 Å². The number of carbonyl (C=O) groups is 3. The highest BCUT2D eigenvalue weighted by Crippen LogP contribution is 2.45. The van der Waals surface area contributed by atoms with Gasteiger partial charge >= 0.3 is 0 Å². The van der Waals surface area contributed by atoms with Crippen molar-refractivity contribution in [3.8, 4) is 68.3 Å². The molecule has 6 fully saturated rings. The lowest BCUT2D eigenvalue weighted by molar-refractivity contribution is -0.118. The van der Waals surface area contributed by atoms with Crippen molar-refractivity contribution in [3.63, 3.8) is 0 Å². The number of halogens is 6. The first-order valence-corrected chi connectivity index (χ1v) is 36.6. The van der Waals surface area contributed by atoms with E-state index >= 15 is 26.3 Å². The van der Waals surface area contributed by atoms with Crippen LogP contribution in [-0.2, 0) is 28.6 Å². The van der Waals surface area contributed by atoms with Gasteiger partial charge in [-0.3, -0.25) is 14.4 Å². The minimum Gasteiger partial charge on any atom is -0.494 e. The van der Waals surface area contributed by atoms with Gasteiger partial charge in [0.25, 0.3) is 0 Å². The van der Waals surface area contributed by atoms with Gasteiger partial charge in [-0.05, 0) is 63.1 Å². The van der Waals surface area contributed by atoms with Crippen LogP contribution in [0.5, 0.6) is 34.5 Å². The first-order valence-electron chi connectivity index (χ1n) is 36.6. The number of methoxy groups -OCH3 is 6. The van der Waals surface area contributed by atoms with Crippen molar-refractivity contribution in [2.75, 3.05) is 152 Å². The Bertz CT molecular complexity index is 5210. The van der Waals surface area contributed by atoms with E-state index in [1.165, 1.54) is 91.5 Å². The van der Waals surface area contributed by atoms with E-state index < -0.39 is 57.2 Å². The number of hydrogen-bond donors (Lipinski definition) is 8. The number of nitrogens with zero attached hydrogens (tertiary/aromatic N) is 12. The fourth-order valence-corrected chi connectivity index (χ4v) is 14.0. The molecule has 0 bridgehead atoms. The molecule has 8 N–H and O–H groups in total. The Labute approximate surface area is 660 Å². The molecule has 38 heteroatoms. The lowest BCUT2D eigenvalue weighted by Crippen LogP contribution is -2.60. The fraction of sp³-hybridized carbons (Fsp3) is 0.385. The maximum Gasteiger partial charge on any atom is 0.243 e. The molecule has 3 amide bonds. The van der Waals surface area contributed by atoms with Crippen molar-refractivity contribution in [2.45, 2.75) is 74.1 Å². The van der Waals surface area contributed by atoms with E-state index in [1.807, 2.05) is 9.80 Å². The van der Waals surface area contributed by atoms with Crippen LogP contribution in [0.3, 0.4) is 0 Å². The van der Waals surface area contributed by atoms with Crippen LogP contribution in [0.15, 0.2) is 93.0 Å². The maximum absolute atomic E-state index is 15.4. The zero-order valence-corrected chi connectivity index (χ0v) is 64.3. The number of aromatic nitrogens is 9. The van der Waals surface area contributed by atoms with Gasteiger partial charge in [-0.2, -0.15) is 0 Å². The summed E-state index contributed by atoms with van der Waals surface area (Å²) >= 11 is 0. The fourth-order valence-electron chi connectivity index (χ4n) is 14.0. The van der Waals surface area contributed by atoms with Crippen LogP contribution in [0.4, 0.5) is 61.6 Å². The van der Waals surface area contributed by atoms with Gasteiger partial charge < -0.3 is 99.4 Å².